The lowest BCUT2D eigenvalue weighted by molar-refractivity contribution is 0.175. The van der Waals surface area contributed by atoms with Crippen molar-refractivity contribution in [2.75, 3.05) is 0 Å². The van der Waals surface area contributed by atoms with Gasteiger partial charge in [0.15, 0.2) is 0 Å². The predicted molar refractivity (Wildman–Crippen MR) is 77.5 cm³/mol. The van der Waals surface area contributed by atoms with E-state index in [0.717, 1.165) is 0 Å². The monoisotopic (exact) mass is 341 g/mol. The van der Waals surface area contributed by atoms with Gasteiger partial charge in [-0.15, -0.1) is 0 Å². The third-order valence-corrected chi connectivity index (χ3v) is 3.45. The third-order valence-electron chi connectivity index (χ3n) is 2.84. The van der Waals surface area contributed by atoms with Crippen LogP contribution in [-0.2, 0) is 0 Å². The third kappa shape index (κ3) is 3.35. The van der Waals surface area contributed by atoms with Crippen LogP contribution in [-0.4, -0.2) is 6.04 Å². The summed E-state index contributed by atoms with van der Waals surface area (Å²) in [6, 6.07) is 10.1. The molecular weight excluding hydrogens is 328 g/mol. The van der Waals surface area contributed by atoms with Crippen LogP contribution >= 0.6 is 15.9 Å². The van der Waals surface area contributed by atoms with Crippen LogP contribution in [0.1, 0.15) is 18.6 Å². The minimum atomic E-state index is -0.645. The molecule has 0 aliphatic carbocycles. The largest absolute Gasteiger partial charge is 0.484 e. The molecule has 0 aliphatic rings. The molecule has 2 aromatic carbocycles. The highest BCUT2D eigenvalue weighted by Gasteiger charge is 2.21. The van der Waals surface area contributed by atoms with Crippen LogP contribution in [0, 0.1) is 11.6 Å². The molecule has 0 aromatic heterocycles. The summed E-state index contributed by atoms with van der Waals surface area (Å²) in [6.45, 7) is 1.73. The van der Waals surface area contributed by atoms with Crippen LogP contribution in [0.4, 0.5) is 8.78 Å². The van der Waals surface area contributed by atoms with Gasteiger partial charge < -0.3 is 10.5 Å². The summed E-state index contributed by atoms with van der Waals surface area (Å²) in [4.78, 5) is 0. The Morgan fingerprint density at radius 2 is 1.80 bits per heavy atom. The highest BCUT2D eigenvalue weighted by molar-refractivity contribution is 9.10. The minimum absolute atomic E-state index is 0.284. The first-order chi connectivity index (χ1) is 9.49. The molecule has 0 spiro atoms. The molecule has 0 heterocycles. The van der Waals surface area contributed by atoms with Crippen LogP contribution in [0.2, 0.25) is 0 Å². The molecule has 0 saturated carbocycles. The van der Waals surface area contributed by atoms with Gasteiger partial charge in [-0.25, -0.2) is 8.78 Å². The fourth-order valence-electron chi connectivity index (χ4n) is 1.86. The number of nitrogens with two attached hydrogens (primary N) is 1. The van der Waals surface area contributed by atoms with E-state index in [1.165, 1.54) is 24.3 Å². The van der Waals surface area contributed by atoms with E-state index in [9.17, 15) is 8.78 Å². The van der Waals surface area contributed by atoms with E-state index in [1.54, 1.807) is 25.1 Å². The van der Waals surface area contributed by atoms with Gasteiger partial charge in [0.2, 0.25) is 0 Å². The number of ether oxygens (including phenoxy) is 1. The highest BCUT2D eigenvalue weighted by atomic mass is 79.9. The Morgan fingerprint density at radius 3 is 2.40 bits per heavy atom. The van der Waals surface area contributed by atoms with Gasteiger partial charge in [0.25, 0.3) is 0 Å². The smallest absolute Gasteiger partial charge is 0.141 e. The fourth-order valence-corrected chi connectivity index (χ4v) is 2.21. The average molecular weight is 342 g/mol. The van der Waals surface area contributed by atoms with Crippen molar-refractivity contribution < 1.29 is 13.5 Å². The molecule has 0 bridgehead atoms. The molecule has 5 heteroatoms. The van der Waals surface area contributed by atoms with Crippen molar-refractivity contribution in [3.63, 3.8) is 0 Å². The van der Waals surface area contributed by atoms with Crippen molar-refractivity contribution in [2.24, 2.45) is 5.73 Å². The molecule has 0 fully saturated rings. The van der Waals surface area contributed by atoms with E-state index < -0.39 is 12.1 Å². The van der Waals surface area contributed by atoms with E-state index in [0.29, 0.717) is 11.3 Å². The van der Waals surface area contributed by atoms with Gasteiger partial charge in [-0.3, -0.25) is 0 Å². The van der Waals surface area contributed by atoms with Crippen LogP contribution < -0.4 is 10.5 Å². The first-order valence-corrected chi connectivity index (χ1v) is 6.90. The van der Waals surface area contributed by atoms with Gasteiger partial charge in [-0.05, 0) is 47.1 Å². The van der Waals surface area contributed by atoms with Crippen molar-refractivity contribution >= 4 is 15.9 Å². The van der Waals surface area contributed by atoms with Gasteiger partial charge in [0.05, 0.1) is 4.47 Å². The van der Waals surface area contributed by atoms with Gasteiger partial charge in [-0.1, -0.05) is 18.2 Å². The van der Waals surface area contributed by atoms with Crippen molar-refractivity contribution in [1.29, 1.82) is 0 Å². The molecule has 2 unspecified atom stereocenters. The van der Waals surface area contributed by atoms with Crippen LogP contribution in [0.3, 0.4) is 0 Å². The molecule has 0 radical (unpaired) electrons. The molecule has 20 heavy (non-hydrogen) atoms. The summed E-state index contributed by atoms with van der Waals surface area (Å²) in [5.41, 5.74) is 6.25. The minimum Gasteiger partial charge on any atom is -0.484 e. The lowest BCUT2D eigenvalue weighted by atomic mass is 10.0. The lowest BCUT2D eigenvalue weighted by Gasteiger charge is -2.23. The van der Waals surface area contributed by atoms with Gasteiger partial charge in [0, 0.05) is 11.6 Å². The maximum Gasteiger partial charge on any atom is 0.141 e. The van der Waals surface area contributed by atoms with Crippen molar-refractivity contribution in [3.05, 3.63) is 64.1 Å². The average Bonchev–Trinajstić information content (AvgIpc) is 2.41. The Kier molecular flexibility index (Phi) is 4.73. The second-order valence-electron chi connectivity index (χ2n) is 4.49. The molecule has 0 aliphatic heterocycles. The SMILES string of the molecule is CC(N)C(Oc1ccc(F)c(Br)c1)c1ccccc1F. The molecular formula is C15H14BrF2NO. The van der Waals surface area contributed by atoms with E-state index >= 15 is 0 Å². The Labute approximate surface area is 124 Å². The Balaban J connectivity index is 2.31. The summed E-state index contributed by atoms with van der Waals surface area (Å²) in [5, 5.41) is 0. The molecule has 0 saturated heterocycles. The summed E-state index contributed by atoms with van der Waals surface area (Å²) >= 11 is 3.08. The van der Waals surface area contributed by atoms with Crippen LogP contribution in [0.15, 0.2) is 46.9 Å². The van der Waals surface area contributed by atoms with E-state index in [-0.39, 0.29) is 16.1 Å². The molecule has 2 atom stereocenters. The van der Waals surface area contributed by atoms with Crippen LogP contribution in [0.5, 0.6) is 5.75 Å². The van der Waals surface area contributed by atoms with Gasteiger partial charge in [0.1, 0.15) is 23.5 Å². The molecule has 0 amide bonds. The van der Waals surface area contributed by atoms with E-state index in [2.05, 4.69) is 15.9 Å². The summed E-state index contributed by atoms with van der Waals surface area (Å²) < 4.78 is 33.0. The molecule has 2 rings (SSSR count). The zero-order valence-corrected chi connectivity index (χ0v) is 12.4. The Bertz CT molecular complexity index is 604. The number of halogens is 3. The highest BCUT2D eigenvalue weighted by Crippen LogP contribution is 2.28. The number of benzene rings is 2. The zero-order valence-electron chi connectivity index (χ0n) is 10.8. The predicted octanol–water partition coefficient (Wildman–Crippen LogP) is 4.19. The van der Waals surface area contributed by atoms with Crippen LogP contribution in [0.25, 0.3) is 0 Å². The maximum atomic E-state index is 13.8. The molecule has 2 aromatic rings. The summed E-state index contributed by atoms with van der Waals surface area (Å²) in [6.07, 6.45) is -0.645. The second kappa shape index (κ2) is 6.33. The normalized spacial score (nSPS) is 13.8. The molecule has 2 N–H and O–H groups in total. The Morgan fingerprint density at radius 1 is 1.10 bits per heavy atom. The molecule has 2 nitrogen and oxygen atoms in total. The first-order valence-electron chi connectivity index (χ1n) is 6.10. The lowest BCUT2D eigenvalue weighted by Crippen LogP contribution is -2.29. The summed E-state index contributed by atoms with van der Waals surface area (Å²) in [5.74, 6) is -0.347. The number of hydrogen-bond donors (Lipinski definition) is 1. The second-order valence-corrected chi connectivity index (χ2v) is 5.35. The van der Waals surface area contributed by atoms with E-state index in [4.69, 9.17) is 10.5 Å². The zero-order chi connectivity index (χ0) is 14.7. The first kappa shape index (κ1) is 14.9. The maximum absolute atomic E-state index is 13.8. The Hall–Kier alpha value is -1.46. The number of rotatable bonds is 4. The molecule has 106 valence electrons. The fraction of sp³-hybridized carbons (Fsp3) is 0.200. The van der Waals surface area contributed by atoms with E-state index in [1.807, 2.05) is 0 Å². The van der Waals surface area contributed by atoms with Crippen molar-refractivity contribution in [1.82, 2.24) is 0 Å². The standard InChI is InChI=1S/C15H14BrF2NO/c1-9(19)15(11-4-2-3-5-13(11)17)20-10-6-7-14(18)12(16)8-10/h2-9,15H,19H2,1H3. The quantitative estimate of drug-likeness (QED) is 0.904. The van der Waals surface area contributed by atoms with Crippen molar-refractivity contribution in [2.45, 2.75) is 19.1 Å². The number of hydrogen-bond acceptors (Lipinski definition) is 2. The topological polar surface area (TPSA) is 35.2 Å². The van der Waals surface area contributed by atoms with Gasteiger partial charge in [-0.2, -0.15) is 0 Å². The van der Waals surface area contributed by atoms with Gasteiger partial charge >= 0.3 is 0 Å². The summed E-state index contributed by atoms with van der Waals surface area (Å²) in [7, 11) is 0. The van der Waals surface area contributed by atoms with Crippen molar-refractivity contribution in [3.8, 4) is 5.75 Å².